The van der Waals surface area contributed by atoms with Gasteiger partial charge in [0.1, 0.15) is 11.5 Å². The summed E-state index contributed by atoms with van der Waals surface area (Å²) in [4.78, 5) is 42.5. The summed E-state index contributed by atoms with van der Waals surface area (Å²) in [5.41, 5.74) is 2.96. The van der Waals surface area contributed by atoms with Gasteiger partial charge in [0.05, 0.1) is 32.8 Å². The van der Waals surface area contributed by atoms with Crippen molar-refractivity contribution in [3.05, 3.63) is 81.1 Å². The van der Waals surface area contributed by atoms with Crippen molar-refractivity contribution < 1.29 is 28.5 Å². The molecule has 0 fully saturated rings. The Bertz CT molecular complexity index is 1430. The molecule has 2 N–H and O–H groups in total. The fourth-order valence-corrected chi connectivity index (χ4v) is 4.05. The Morgan fingerprint density at radius 1 is 1.06 bits per heavy atom. The highest BCUT2D eigenvalue weighted by atomic mass is 31.2. The van der Waals surface area contributed by atoms with E-state index >= 15 is 0 Å². The average Bonchev–Trinajstić information content (AvgIpc) is 3.35. The molecule has 10 nitrogen and oxygen atoms in total. The molecule has 0 aliphatic carbocycles. The second kappa shape index (κ2) is 8.49. The summed E-state index contributed by atoms with van der Waals surface area (Å²) in [7, 11) is -4.40. The third-order valence-corrected chi connectivity index (χ3v) is 6.45. The number of amides is 1. The molecule has 2 aromatic carbocycles. The molecule has 0 unspecified atom stereocenters. The zero-order valence-electron chi connectivity index (χ0n) is 18.4. The van der Waals surface area contributed by atoms with E-state index < -0.39 is 18.4 Å². The second-order valence-electron chi connectivity index (χ2n) is 7.83. The first-order valence-electron chi connectivity index (χ1n) is 10.1. The van der Waals surface area contributed by atoms with Gasteiger partial charge in [-0.1, -0.05) is 0 Å². The maximum Gasteiger partial charge on any atom is 0.356 e. The van der Waals surface area contributed by atoms with E-state index in [0.717, 1.165) is 16.1 Å². The van der Waals surface area contributed by atoms with Gasteiger partial charge in [-0.05, 0) is 80.4 Å². The van der Waals surface area contributed by atoms with Crippen LogP contribution in [0.15, 0.2) is 63.6 Å². The molecule has 0 saturated carbocycles. The van der Waals surface area contributed by atoms with Crippen molar-refractivity contribution in [2.45, 2.75) is 20.8 Å². The fraction of sp³-hybridized carbons (Fsp3) is 0.130. The van der Waals surface area contributed by atoms with Crippen molar-refractivity contribution in [1.82, 2.24) is 0 Å². The van der Waals surface area contributed by atoms with Crippen LogP contribution >= 0.6 is 7.60 Å². The number of nitro groups is 1. The maximum atomic E-state index is 13.0. The van der Waals surface area contributed by atoms with Gasteiger partial charge in [-0.25, -0.2) is 0 Å². The van der Waals surface area contributed by atoms with Crippen molar-refractivity contribution >= 4 is 42.0 Å². The van der Waals surface area contributed by atoms with Crippen molar-refractivity contribution in [2.75, 3.05) is 5.01 Å². The Hall–Kier alpha value is -3.85. The number of carbonyl (C=O) groups is 1. The lowest BCUT2D eigenvalue weighted by Crippen LogP contribution is -2.21. The van der Waals surface area contributed by atoms with Crippen LogP contribution in [0.1, 0.15) is 23.8 Å². The summed E-state index contributed by atoms with van der Waals surface area (Å²) in [5.74, 6) is 0.169. The summed E-state index contributed by atoms with van der Waals surface area (Å²) < 4.78 is 17.2. The number of rotatable bonds is 5. The molecule has 0 radical (unpaired) electrons. The first-order valence-corrected chi connectivity index (χ1v) is 11.7. The van der Waals surface area contributed by atoms with Gasteiger partial charge in [-0.3, -0.25) is 19.5 Å². The van der Waals surface area contributed by atoms with Crippen LogP contribution < -0.4 is 10.3 Å². The highest BCUT2D eigenvalue weighted by Crippen LogP contribution is 2.36. The quantitative estimate of drug-likeness (QED) is 0.242. The van der Waals surface area contributed by atoms with E-state index in [0.29, 0.717) is 28.5 Å². The lowest BCUT2D eigenvalue weighted by Gasteiger charge is -2.12. The number of hydrogen-bond acceptors (Lipinski definition) is 6. The van der Waals surface area contributed by atoms with E-state index in [1.807, 2.05) is 6.92 Å². The number of furan rings is 1. The van der Waals surface area contributed by atoms with Gasteiger partial charge in [0, 0.05) is 6.07 Å². The Kier molecular flexibility index (Phi) is 5.82. The molecule has 1 aromatic heterocycles. The van der Waals surface area contributed by atoms with E-state index in [4.69, 9.17) is 4.42 Å². The van der Waals surface area contributed by atoms with Crippen LogP contribution in [0.25, 0.3) is 17.4 Å². The van der Waals surface area contributed by atoms with Crippen molar-refractivity contribution in [2.24, 2.45) is 5.10 Å². The maximum absolute atomic E-state index is 13.0. The van der Waals surface area contributed by atoms with Crippen molar-refractivity contribution in [3.8, 4) is 11.3 Å². The molecular weight excluding hydrogens is 461 g/mol. The van der Waals surface area contributed by atoms with E-state index in [9.17, 15) is 29.3 Å². The molecule has 4 rings (SSSR count). The van der Waals surface area contributed by atoms with Crippen molar-refractivity contribution in [3.63, 3.8) is 0 Å². The summed E-state index contributed by atoms with van der Waals surface area (Å²) in [6.45, 7) is 5.29. The molecule has 1 aliphatic rings. The minimum absolute atomic E-state index is 0.0729. The van der Waals surface area contributed by atoms with Gasteiger partial charge in [-0.2, -0.15) is 10.1 Å². The molecule has 11 heteroatoms. The highest BCUT2D eigenvalue weighted by molar-refractivity contribution is 7.60. The first kappa shape index (κ1) is 23.3. The molecule has 34 heavy (non-hydrogen) atoms. The van der Waals surface area contributed by atoms with E-state index in [1.54, 1.807) is 32.0 Å². The molecule has 0 spiro atoms. The number of aryl methyl sites for hydroxylation is 2. The molecule has 0 saturated heterocycles. The largest absolute Gasteiger partial charge is 0.456 e. The van der Waals surface area contributed by atoms with Crippen LogP contribution in [0.4, 0.5) is 11.4 Å². The van der Waals surface area contributed by atoms with Gasteiger partial charge in [-0.15, -0.1) is 0 Å². The third kappa shape index (κ3) is 4.34. The van der Waals surface area contributed by atoms with Crippen LogP contribution in [0.2, 0.25) is 0 Å². The molecule has 1 amide bonds. The third-order valence-electron chi connectivity index (χ3n) is 5.48. The van der Waals surface area contributed by atoms with Crippen LogP contribution in [-0.2, 0) is 9.36 Å². The number of benzene rings is 2. The van der Waals surface area contributed by atoms with E-state index in [1.165, 1.54) is 36.4 Å². The summed E-state index contributed by atoms with van der Waals surface area (Å²) in [5, 5.41) is 16.7. The number of hydrazone groups is 1. The summed E-state index contributed by atoms with van der Waals surface area (Å²) >= 11 is 0. The fourth-order valence-electron chi connectivity index (χ4n) is 3.51. The van der Waals surface area contributed by atoms with Crippen LogP contribution in [-0.4, -0.2) is 26.3 Å². The van der Waals surface area contributed by atoms with Gasteiger partial charge in [0.2, 0.25) is 0 Å². The zero-order chi connectivity index (χ0) is 24.8. The lowest BCUT2D eigenvalue weighted by molar-refractivity contribution is -0.384. The number of anilines is 1. The average molecular weight is 481 g/mol. The Labute approximate surface area is 194 Å². The number of hydrogen-bond donors (Lipinski definition) is 2. The van der Waals surface area contributed by atoms with E-state index in [-0.39, 0.29) is 16.6 Å². The Balaban J connectivity index is 1.64. The number of nitrogens with zero attached hydrogens (tertiary/aromatic N) is 3. The van der Waals surface area contributed by atoms with Gasteiger partial charge in [0.25, 0.3) is 11.6 Å². The van der Waals surface area contributed by atoms with Crippen LogP contribution in [0.3, 0.4) is 0 Å². The Morgan fingerprint density at radius 2 is 1.71 bits per heavy atom. The predicted octanol–water partition coefficient (Wildman–Crippen LogP) is 4.08. The molecule has 0 atom stereocenters. The molecule has 174 valence electrons. The topological polar surface area (TPSA) is 146 Å². The van der Waals surface area contributed by atoms with Crippen LogP contribution in [0.5, 0.6) is 0 Å². The summed E-state index contributed by atoms with van der Waals surface area (Å²) in [6, 6.07) is 11.7. The molecular formula is C23H20N3O7P. The predicted molar refractivity (Wildman–Crippen MR) is 127 cm³/mol. The molecule has 0 bridgehead atoms. The van der Waals surface area contributed by atoms with Gasteiger partial charge >= 0.3 is 7.60 Å². The smallest absolute Gasteiger partial charge is 0.356 e. The van der Waals surface area contributed by atoms with Crippen molar-refractivity contribution in [1.29, 1.82) is 0 Å². The number of nitro benzene ring substituents is 1. The molecule has 1 aliphatic heterocycles. The Morgan fingerprint density at radius 3 is 2.32 bits per heavy atom. The minimum Gasteiger partial charge on any atom is -0.456 e. The number of carbonyl (C=O) groups excluding carboxylic acids is 1. The SMILES string of the molecule is CC1=NN(c2ccc(P(=O)(O)O)cc2)C(=O)/C1=C\c1ccc(-c2cc(C)c(C)cc2[N+](=O)[O-])o1. The molecule has 3 aromatic rings. The minimum atomic E-state index is -4.40. The second-order valence-corrected chi connectivity index (χ2v) is 9.44. The summed E-state index contributed by atoms with van der Waals surface area (Å²) in [6.07, 6.45) is 1.50. The molecule has 2 heterocycles. The van der Waals surface area contributed by atoms with Gasteiger partial charge < -0.3 is 14.2 Å². The lowest BCUT2D eigenvalue weighted by atomic mass is 10.0. The first-order chi connectivity index (χ1) is 16.0. The van der Waals surface area contributed by atoms with E-state index in [2.05, 4.69) is 5.10 Å². The standard InChI is InChI=1S/C23H20N3O7P/c1-13-10-20(21(26(28)29)11-14(13)2)22-9-6-17(33-22)12-19-15(3)24-25(23(19)27)16-4-7-18(8-5-16)34(30,31)32/h4-12H,1-3H3,(H2,30,31,32)/b19-12-. The van der Waals surface area contributed by atoms with Crippen LogP contribution in [0, 0.1) is 24.0 Å². The normalized spacial score (nSPS) is 15.2. The monoisotopic (exact) mass is 481 g/mol. The van der Waals surface area contributed by atoms with Gasteiger partial charge in [0.15, 0.2) is 0 Å². The highest BCUT2D eigenvalue weighted by Gasteiger charge is 2.30. The zero-order valence-corrected chi connectivity index (χ0v) is 19.3.